The van der Waals surface area contributed by atoms with Gasteiger partial charge in [-0.3, -0.25) is 0 Å². The normalized spacial score (nSPS) is 10.8. The number of ether oxygens (including phenoxy) is 4. The number of hydrogen-bond acceptors (Lipinski definition) is 7. The fraction of sp³-hybridized carbons (Fsp3) is 0.304. The summed E-state index contributed by atoms with van der Waals surface area (Å²) in [6, 6.07) is 11.5. The zero-order valence-electron chi connectivity index (χ0n) is 17.7. The minimum Gasteiger partial charge on any atom is -0.476 e. The molecule has 0 aliphatic heterocycles. The molecule has 0 spiro atoms. The number of carboxylic acids is 1. The fourth-order valence-electron chi connectivity index (χ4n) is 3.45. The van der Waals surface area contributed by atoms with Gasteiger partial charge in [0.1, 0.15) is 17.3 Å². The van der Waals surface area contributed by atoms with E-state index in [1.165, 1.54) is 0 Å². The van der Waals surface area contributed by atoms with Gasteiger partial charge in [0.2, 0.25) is 0 Å². The second kappa shape index (κ2) is 10.6. The van der Waals surface area contributed by atoms with Crippen LogP contribution in [0.5, 0.6) is 11.5 Å². The summed E-state index contributed by atoms with van der Waals surface area (Å²) in [6.45, 7) is 2.10. The first-order valence-corrected chi connectivity index (χ1v) is 9.73. The highest BCUT2D eigenvalue weighted by Crippen LogP contribution is 2.42. The lowest BCUT2D eigenvalue weighted by molar-refractivity contribution is 0.0457. The Morgan fingerprint density at radius 2 is 1.71 bits per heavy atom. The Morgan fingerprint density at radius 3 is 2.32 bits per heavy atom. The SMILES string of the molecule is CCc1c(OCOC)cc(OCOC)c(-c2ccccc2)c1Cc1ocnc1C(=O)O. The highest BCUT2D eigenvalue weighted by Gasteiger charge is 2.24. The fourth-order valence-corrected chi connectivity index (χ4v) is 3.45. The molecular weight excluding hydrogens is 402 g/mol. The van der Waals surface area contributed by atoms with Gasteiger partial charge in [0.15, 0.2) is 25.7 Å². The molecule has 0 aliphatic carbocycles. The van der Waals surface area contributed by atoms with E-state index in [-0.39, 0.29) is 31.5 Å². The van der Waals surface area contributed by atoms with E-state index in [1.807, 2.05) is 37.3 Å². The maximum absolute atomic E-state index is 11.6. The van der Waals surface area contributed by atoms with Crippen molar-refractivity contribution in [2.75, 3.05) is 27.8 Å². The Bertz CT molecular complexity index is 1010. The molecule has 2 aromatic carbocycles. The summed E-state index contributed by atoms with van der Waals surface area (Å²) in [5, 5.41) is 9.48. The molecule has 8 heteroatoms. The lowest BCUT2D eigenvalue weighted by atomic mass is 9.89. The minimum atomic E-state index is -1.15. The molecule has 0 radical (unpaired) electrons. The van der Waals surface area contributed by atoms with Crippen LogP contribution in [-0.2, 0) is 22.3 Å². The number of nitrogens with zero attached hydrogens (tertiary/aromatic N) is 1. The van der Waals surface area contributed by atoms with Crippen molar-refractivity contribution < 1.29 is 33.3 Å². The third kappa shape index (κ3) is 5.04. The molecule has 3 rings (SSSR count). The van der Waals surface area contributed by atoms with Gasteiger partial charge in [-0.2, -0.15) is 0 Å². The molecule has 8 nitrogen and oxygen atoms in total. The van der Waals surface area contributed by atoms with Crippen LogP contribution in [0.25, 0.3) is 11.1 Å². The summed E-state index contributed by atoms with van der Waals surface area (Å²) >= 11 is 0. The molecule has 31 heavy (non-hydrogen) atoms. The lowest BCUT2D eigenvalue weighted by Gasteiger charge is -2.22. The van der Waals surface area contributed by atoms with E-state index in [4.69, 9.17) is 23.4 Å². The molecule has 0 saturated carbocycles. The molecule has 0 atom stereocenters. The molecule has 0 unspecified atom stereocenters. The van der Waals surface area contributed by atoms with Crippen LogP contribution < -0.4 is 9.47 Å². The summed E-state index contributed by atoms with van der Waals surface area (Å²) in [5.74, 6) is 0.232. The maximum atomic E-state index is 11.6. The van der Waals surface area contributed by atoms with Crippen molar-refractivity contribution in [2.45, 2.75) is 19.8 Å². The van der Waals surface area contributed by atoms with Crippen molar-refractivity contribution in [3.05, 3.63) is 65.4 Å². The number of hydrogen-bond donors (Lipinski definition) is 1. The van der Waals surface area contributed by atoms with E-state index in [9.17, 15) is 9.90 Å². The summed E-state index contributed by atoms with van der Waals surface area (Å²) < 4.78 is 27.4. The predicted molar refractivity (Wildman–Crippen MR) is 113 cm³/mol. The smallest absolute Gasteiger partial charge is 0.358 e. The summed E-state index contributed by atoms with van der Waals surface area (Å²) in [5.41, 5.74) is 3.32. The molecular formula is C23H25NO7. The largest absolute Gasteiger partial charge is 0.476 e. The molecule has 0 saturated heterocycles. The van der Waals surface area contributed by atoms with Crippen LogP contribution in [0.3, 0.4) is 0 Å². The van der Waals surface area contributed by atoms with Gasteiger partial charge < -0.3 is 28.5 Å². The molecule has 0 amide bonds. The highest BCUT2D eigenvalue weighted by molar-refractivity contribution is 5.87. The van der Waals surface area contributed by atoms with E-state index in [2.05, 4.69) is 4.98 Å². The zero-order chi connectivity index (χ0) is 22.2. The Kier molecular flexibility index (Phi) is 7.64. The third-order valence-electron chi connectivity index (χ3n) is 4.73. The van der Waals surface area contributed by atoms with Crippen molar-refractivity contribution in [1.29, 1.82) is 0 Å². The first-order valence-electron chi connectivity index (χ1n) is 9.73. The first kappa shape index (κ1) is 22.3. The Hall–Kier alpha value is -3.36. The summed E-state index contributed by atoms with van der Waals surface area (Å²) in [7, 11) is 3.08. The Morgan fingerprint density at radius 1 is 1.03 bits per heavy atom. The number of oxazole rings is 1. The number of methoxy groups -OCH3 is 2. The second-order valence-corrected chi connectivity index (χ2v) is 6.63. The van der Waals surface area contributed by atoms with Crippen LogP contribution in [0.1, 0.15) is 34.3 Å². The molecule has 1 aromatic heterocycles. The van der Waals surface area contributed by atoms with E-state index in [0.29, 0.717) is 17.9 Å². The van der Waals surface area contributed by atoms with Crippen LogP contribution in [0.2, 0.25) is 0 Å². The zero-order valence-corrected chi connectivity index (χ0v) is 17.7. The topological polar surface area (TPSA) is 100 Å². The van der Waals surface area contributed by atoms with Crippen LogP contribution in [0.15, 0.2) is 47.2 Å². The number of rotatable bonds is 11. The molecule has 1 N–H and O–H groups in total. The van der Waals surface area contributed by atoms with Gasteiger partial charge in [0.25, 0.3) is 0 Å². The maximum Gasteiger partial charge on any atom is 0.358 e. The van der Waals surface area contributed by atoms with Gasteiger partial charge in [-0.1, -0.05) is 37.3 Å². The van der Waals surface area contributed by atoms with Crippen molar-refractivity contribution >= 4 is 5.97 Å². The van der Waals surface area contributed by atoms with Crippen LogP contribution in [0.4, 0.5) is 0 Å². The first-order chi connectivity index (χ1) is 15.1. The number of benzene rings is 2. The molecule has 1 heterocycles. The average molecular weight is 427 g/mol. The molecule has 0 fully saturated rings. The quantitative estimate of drug-likeness (QED) is 0.455. The van der Waals surface area contributed by atoms with Gasteiger partial charge in [0, 0.05) is 32.3 Å². The molecule has 164 valence electrons. The molecule has 3 aromatic rings. The average Bonchev–Trinajstić information content (AvgIpc) is 3.25. The van der Waals surface area contributed by atoms with E-state index < -0.39 is 5.97 Å². The number of carboxylic acid groups (broad SMARTS) is 1. The number of aromatic carboxylic acids is 1. The third-order valence-corrected chi connectivity index (χ3v) is 4.73. The lowest BCUT2D eigenvalue weighted by Crippen LogP contribution is -2.10. The molecule has 0 aliphatic rings. The van der Waals surface area contributed by atoms with Crippen molar-refractivity contribution in [3.8, 4) is 22.6 Å². The van der Waals surface area contributed by atoms with E-state index >= 15 is 0 Å². The minimum absolute atomic E-state index is 0.0388. The van der Waals surface area contributed by atoms with Crippen LogP contribution >= 0.6 is 0 Å². The van der Waals surface area contributed by atoms with Crippen molar-refractivity contribution in [1.82, 2.24) is 4.98 Å². The van der Waals surface area contributed by atoms with Gasteiger partial charge >= 0.3 is 5.97 Å². The van der Waals surface area contributed by atoms with Gasteiger partial charge in [-0.05, 0) is 23.1 Å². The standard InChI is InChI=1S/C23H25NO7/c1-4-16-17(10-20-22(23(25)26)24-12-29-20)21(15-8-6-5-7-9-15)19(31-14-28-3)11-18(16)30-13-27-2/h5-9,11-12H,4,10,13-14H2,1-3H3,(H,25,26). The van der Waals surface area contributed by atoms with Gasteiger partial charge in [-0.15, -0.1) is 0 Å². The number of carbonyl (C=O) groups is 1. The summed E-state index contributed by atoms with van der Waals surface area (Å²) in [6.07, 6.45) is 1.97. The van der Waals surface area contributed by atoms with E-state index in [0.717, 1.165) is 28.6 Å². The van der Waals surface area contributed by atoms with Crippen molar-refractivity contribution in [3.63, 3.8) is 0 Å². The number of aromatic nitrogens is 1. The van der Waals surface area contributed by atoms with E-state index in [1.54, 1.807) is 20.3 Å². The Balaban J connectivity index is 2.26. The predicted octanol–water partition coefficient (Wildman–Crippen LogP) is 4.16. The van der Waals surface area contributed by atoms with Gasteiger partial charge in [0.05, 0.1) is 0 Å². The Labute approximate surface area is 180 Å². The highest BCUT2D eigenvalue weighted by atomic mass is 16.7. The second-order valence-electron chi connectivity index (χ2n) is 6.63. The molecule has 0 bridgehead atoms. The van der Waals surface area contributed by atoms with Gasteiger partial charge in [-0.25, -0.2) is 9.78 Å². The van der Waals surface area contributed by atoms with Crippen LogP contribution in [0, 0.1) is 0 Å². The van der Waals surface area contributed by atoms with Crippen LogP contribution in [-0.4, -0.2) is 43.9 Å². The summed E-state index contributed by atoms with van der Waals surface area (Å²) in [4.78, 5) is 15.4. The van der Waals surface area contributed by atoms with Crippen molar-refractivity contribution in [2.24, 2.45) is 0 Å². The monoisotopic (exact) mass is 427 g/mol.